The molecule has 12 heavy (non-hydrogen) atoms. The minimum atomic E-state index is 0.879. The van der Waals surface area contributed by atoms with Crippen molar-refractivity contribution in [2.24, 2.45) is 0 Å². The Morgan fingerprint density at radius 3 is 2.17 bits per heavy atom. The van der Waals surface area contributed by atoms with Crippen LogP contribution in [0.1, 0.15) is 19.8 Å². The quantitative estimate of drug-likeness (QED) is 0.225. The summed E-state index contributed by atoms with van der Waals surface area (Å²) in [4.78, 5) is 0. The lowest BCUT2D eigenvalue weighted by atomic mass is 10.3. The van der Waals surface area contributed by atoms with Gasteiger partial charge in [0, 0.05) is 0 Å². The van der Waals surface area contributed by atoms with Gasteiger partial charge in [-0.3, -0.25) is 0 Å². The molecule has 0 heterocycles. The van der Waals surface area contributed by atoms with Gasteiger partial charge in [0.15, 0.2) is 0 Å². The molecule has 0 amide bonds. The van der Waals surface area contributed by atoms with Crippen molar-refractivity contribution in [3.63, 3.8) is 0 Å². The van der Waals surface area contributed by atoms with Crippen LogP contribution in [0.4, 0.5) is 0 Å². The van der Waals surface area contributed by atoms with Crippen molar-refractivity contribution in [3.8, 4) is 0 Å². The van der Waals surface area contributed by atoms with E-state index in [9.17, 15) is 0 Å². The lowest BCUT2D eigenvalue weighted by molar-refractivity contribution is -0.818. The van der Waals surface area contributed by atoms with Crippen LogP contribution >= 0.6 is 12.6 Å². The highest BCUT2D eigenvalue weighted by molar-refractivity contribution is 7.96. The van der Waals surface area contributed by atoms with Gasteiger partial charge >= 0.3 is 5.17 Å². The molecule has 0 aromatic carbocycles. The molecule has 0 aliphatic carbocycles. The summed E-state index contributed by atoms with van der Waals surface area (Å²) in [5.74, 6) is 0. The Balaban J connectivity index is 4.29. The Bertz CT molecular complexity index is 169. The number of thiol groups is 1. The molecule has 72 valence electrons. The fourth-order valence-electron chi connectivity index (χ4n) is 1.19. The maximum atomic E-state index is 4.49. The van der Waals surface area contributed by atoms with E-state index in [-0.39, 0.29) is 0 Å². The highest BCUT2D eigenvalue weighted by Gasteiger charge is 2.26. The van der Waals surface area contributed by atoms with Crippen LogP contribution in [0.25, 0.3) is 0 Å². The maximum absolute atomic E-state index is 4.49. The topological polar surface area (TPSA) is 3.01 Å². The molecule has 0 fully saturated rings. The van der Waals surface area contributed by atoms with E-state index in [2.05, 4.69) is 38.2 Å². The first-order valence-electron chi connectivity index (χ1n) is 4.48. The first-order chi connectivity index (χ1) is 5.41. The van der Waals surface area contributed by atoms with E-state index in [0.29, 0.717) is 0 Å². The van der Waals surface area contributed by atoms with Gasteiger partial charge in [0.1, 0.15) is 14.1 Å². The van der Waals surface area contributed by atoms with Crippen molar-refractivity contribution in [1.29, 1.82) is 0 Å². The number of quaternary nitrogens is 1. The number of nitrogens with zero attached hydrogens (tertiary/aromatic N) is 2. The lowest BCUT2D eigenvalue weighted by Crippen LogP contribution is -2.46. The Morgan fingerprint density at radius 2 is 1.83 bits per heavy atom. The van der Waals surface area contributed by atoms with Crippen molar-refractivity contribution < 1.29 is 9.06 Å². The van der Waals surface area contributed by atoms with E-state index in [1.165, 1.54) is 12.8 Å². The molecular formula is C9H22N2S+2. The standard InChI is InChI=1S/C9H21N2S/c1-6-7-8-11(4,5)9(12)10(2)3/h6-8H2,1-5H3/q+1/p+1. The number of unbranched alkanes of at least 4 members (excludes halogenated alkanes) is 1. The summed E-state index contributed by atoms with van der Waals surface area (Å²) >= 11 is 4.49. The average Bonchev–Trinajstić information content (AvgIpc) is 1.99. The van der Waals surface area contributed by atoms with Gasteiger partial charge in [0.05, 0.1) is 20.6 Å². The van der Waals surface area contributed by atoms with E-state index >= 15 is 0 Å². The van der Waals surface area contributed by atoms with Crippen LogP contribution in [0.5, 0.6) is 0 Å². The van der Waals surface area contributed by atoms with E-state index in [0.717, 1.165) is 16.2 Å². The summed E-state index contributed by atoms with van der Waals surface area (Å²) in [5, 5.41) is 1.11. The highest BCUT2D eigenvalue weighted by Crippen LogP contribution is 2.05. The molecule has 0 saturated heterocycles. The third-order valence-corrected chi connectivity index (χ3v) is 2.95. The zero-order chi connectivity index (χ0) is 9.78. The Hall–Kier alpha value is -0.0200. The van der Waals surface area contributed by atoms with E-state index in [4.69, 9.17) is 0 Å². The monoisotopic (exact) mass is 190 g/mol. The minimum Gasteiger partial charge on any atom is -0.235 e. The first-order valence-corrected chi connectivity index (χ1v) is 4.93. The summed E-state index contributed by atoms with van der Waals surface area (Å²) in [6.45, 7) is 3.38. The van der Waals surface area contributed by atoms with Crippen molar-refractivity contribution in [2.75, 3.05) is 34.7 Å². The van der Waals surface area contributed by atoms with Gasteiger partial charge < -0.3 is 0 Å². The highest BCUT2D eigenvalue weighted by atomic mass is 32.1. The zero-order valence-corrected chi connectivity index (χ0v) is 9.86. The molecule has 0 spiro atoms. The van der Waals surface area contributed by atoms with Crippen LogP contribution in [0.15, 0.2) is 0 Å². The predicted molar refractivity (Wildman–Crippen MR) is 58.0 cm³/mol. The predicted octanol–water partition coefficient (Wildman–Crippen LogP) is 1.42. The molecule has 0 aliphatic heterocycles. The lowest BCUT2D eigenvalue weighted by Gasteiger charge is -2.24. The molecule has 0 aromatic heterocycles. The Labute approximate surface area is 81.9 Å². The summed E-state index contributed by atoms with van der Waals surface area (Å²) < 4.78 is 2.95. The molecule has 2 nitrogen and oxygen atoms in total. The smallest absolute Gasteiger partial charge is 0.235 e. The summed E-state index contributed by atoms with van der Waals surface area (Å²) in [7, 11) is 8.46. The van der Waals surface area contributed by atoms with Gasteiger partial charge in [-0.05, 0) is 19.0 Å². The second-order valence-corrected chi connectivity index (χ2v) is 4.36. The number of hydrogen-bond acceptors (Lipinski definition) is 0. The van der Waals surface area contributed by atoms with Crippen LogP contribution in [0, 0.1) is 0 Å². The third-order valence-electron chi connectivity index (χ3n) is 2.01. The zero-order valence-electron chi connectivity index (χ0n) is 8.96. The third kappa shape index (κ3) is 3.59. The normalized spacial score (nSPS) is 11.5. The largest absolute Gasteiger partial charge is 0.396 e. The fourth-order valence-corrected chi connectivity index (χ4v) is 1.29. The van der Waals surface area contributed by atoms with Crippen molar-refractivity contribution in [1.82, 2.24) is 0 Å². The molecule has 0 saturated carbocycles. The molecule has 0 rings (SSSR count). The number of rotatable bonds is 3. The maximum Gasteiger partial charge on any atom is 0.396 e. The Morgan fingerprint density at radius 1 is 1.33 bits per heavy atom. The van der Waals surface area contributed by atoms with Gasteiger partial charge in [-0.2, -0.15) is 4.58 Å². The SMILES string of the molecule is CCCC[N+](C)(C)C(S)=[N+](C)C. The molecule has 0 aromatic rings. The molecule has 0 bridgehead atoms. The Kier molecular flexibility index (Phi) is 4.87. The molecule has 0 radical (unpaired) electrons. The summed E-state index contributed by atoms with van der Waals surface area (Å²) in [6.07, 6.45) is 2.50. The number of hydrogen-bond donors (Lipinski definition) is 1. The summed E-state index contributed by atoms with van der Waals surface area (Å²) in [6, 6.07) is 0. The van der Waals surface area contributed by atoms with Crippen molar-refractivity contribution in [2.45, 2.75) is 19.8 Å². The molecular weight excluding hydrogens is 168 g/mol. The van der Waals surface area contributed by atoms with Crippen LogP contribution in [-0.2, 0) is 0 Å². The molecule has 0 N–H and O–H groups in total. The van der Waals surface area contributed by atoms with Crippen LogP contribution in [0.3, 0.4) is 0 Å². The second-order valence-electron chi connectivity index (χ2n) is 3.96. The van der Waals surface area contributed by atoms with Gasteiger partial charge in [0.25, 0.3) is 0 Å². The second kappa shape index (κ2) is 4.87. The van der Waals surface area contributed by atoms with E-state index < -0.39 is 0 Å². The number of amidine groups is 1. The fraction of sp³-hybridized carbons (Fsp3) is 0.889. The molecule has 0 atom stereocenters. The van der Waals surface area contributed by atoms with E-state index in [1.54, 1.807) is 0 Å². The van der Waals surface area contributed by atoms with Crippen LogP contribution in [0.2, 0.25) is 0 Å². The van der Waals surface area contributed by atoms with Gasteiger partial charge in [-0.25, -0.2) is 4.48 Å². The van der Waals surface area contributed by atoms with E-state index in [1.807, 2.05) is 14.1 Å². The molecule has 0 aliphatic rings. The average molecular weight is 190 g/mol. The first kappa shape index (κ1) is 12.0. The molecule has 0 unspecified atom stereocenters. The molecule has 3 heteroatoms. The van der Waals surface area contributed by atoms with Gasteiger partial charge in [-0.1, -0.05) is 13.3 Å². The van der Waals surface area contributed by atoms with Crippen molar-refractivity contribution >= 4 is 17.8 Å². The van der Waals surface area contributed by atoms with Gasteiger partial charge in [0.2, 0.25) is 0 Å². The minimum absolute atomic E-state index is 0.879. The van der Waals surface area contributed by atoms with Gasteiger partial charge in [-0.15, -0.1) is 0 Å². The van der Waals surface area contributed by atoms with Crippen LogP contribution < -0.4 is 0 Å². The summed E-state index contributed by atoms with van der Waals surface area (Å²) in [5.41, 5.74) is 0. The van der Waals surface area contributed by atoms with Crippen LogP contribution in [-0.4, -0.2) is 49.0 Å². The van der Waals surface area contributed by atoms with Crippen molar-refractivity contribution in [3.05, 3.63) is 0 Å².